The predicted octanol–water partition coefficient (Wildman–Crippen LogP) is 6.62. The van der Waals surface area contributed by atoms with Crippen molar-refractivity contribution in [3.05, 3.63) is 47.0 Å². The van der Waals surface area contributed by atoms with Crippen molar-refractivity contribution >= 4 is 0 Å². The third-order valence-electron chi connectivity index (χ3n) is 4.87. The Balaban J connectivity index is 2.15. The van der Waals surface area contributed by atoms with E-state index in [-0.39, 0.29) is 5.75 Å². The maximum Gasteiger partial charge on any atom is 0.387 e. The quantitative estimate of drug-likeness (QED) is 0.539. The summed E-state index contributed by atoms with van der Waals surface area (Å²) in [6.45, 7) is 5.27. The molecule has 1 aliphatic rings. The highest BCUT2D eigenvalue weighted by atomic mass is 19.3. The number of hydrogen-bond donors (Lipinski definition) is 0. The molecule has 0 bridgehead atoms. The van der Waals surface area contributed by atoms with Crippen LogP contribution in [-0.4, -0.2) is 6.61 Å². The number of benzene rings is 2. The fraction of sp³-hybridized carbons (Fsp3) is 0.455. The molecular formula is C22H26F2O2. The standard InChI is InChI=1S/C22H26F2O2/c1-5-6-7-8-15-12-18(25-21(23)24)20-16-11-14(2)9-10-17(16)22(3,4)26-19(20)13-15/h9-13,21H,5-8H2,1-4H3. The second kappa shape index (κ2) is 7.26. The van der Waals surface area contributed by atoms with Gasteiger partial charge in [-0.15, -0.1) is 0 Å². The van der Waals surface area contributed by atoms with Crippen LogP contribution in [0.2, 0.25) is 0 Å². The lowest BCUT2D eigenvalue weighted by Crippen LogP contribution is -2.29. The molecule has 2 aromatic carbocycles. The molecule has 2 nitrogen and oxygen atoms in total. The average Bonchev–Trinajstić information content (AvgIpc) is 2.53. The molecule has 0 saturated heterocycles. The van der Waals surface area contributed by atoms with E-state index < -0.39 is 12.2 Å². The van der Waals surface area contributed by atoms with Crippen LogP contribution in [0.25, 0.3) is 11.1 Å². The molecule has 1 heterocycles. The first kappa shape index (κ1) is 18.7. The average molecular weight is 360 g/mol. The van der Waals surface area contributed by atoms with E-state index in [2.05, 4.69) is 6.92 Å². The molecule has 140 valence electrons. The van der Waals surface area contributed by atoms with Crippen LogP contribution < -0.4 is 9.47 Å². The van der Waals surface area contributed by atoms with Crippen molar-refractivity contribution in [2.45, 2.75) is 65.6 Å². The number of alkyl halides is 2. The lowest BCUT2D eigenvalue weighted by Gasteiger charge is -2.36. The molecule has 0 unspecified atom stereocenters. The number of rotatable bonds is 6. The molecule has 0 spiro atoms. The Kier molecular flexibility index (Phi) is 5.22. The number of fused-ring (bicyclic) bond motifs is 3. The van der Waals surface area contributed by atoms with Gasteiger partial charge in [-0.05, 0) is 56.9 Å². The number of hydrogen-bond acceptors (Lipinski definition) is 2. The first-order valence-electron chi connectivity index (χ1n) is 9.24. The minimum atomic E-state index is -2.87. The van der Waals surface area contributed by atoms with E-state index in [1.807, 2.05) is 45.0 Å². The van der Waals surface area contributed by atoms with E-state index in [9.17, 15) is 8.78 Å². The molecular weight excluding hydrogens is 334 g/mol. The Morgan fingerprint density at radius 1 is 1.12 bits per heavy atom. The summed E-state index contributed by atoms with van der Waals surface area (Å²) in [4.78, 5) is 0. The van der Waals surface area contributed by atoms with E-state index in [0.717, 1.165) is 47.9 Å². The van der Waals surface area contributed by atoms with E-state index in [0.29, 0.717) is 11.3 Å². The first-order valence-corrected chi connectivity index (χ1v) is 9.24. The van der Waals surface area contributed by atoms with Crippen LogP contribution in [0.5, 0.6) is 11.5 Å². The number of halogens is 2. The topological polar surface area (TPSA) is 18.5 Å². The first-order chi connectivity index (χ1) is 12.3. The van der Waals surface area contributed by atoms with E-state index in [1.54, 1.807) is 6.07 Å². The van der Waals surface area contributed by atoms with Gasteiger partial charge in [0, 0.05) is 5.56 Å². The zero-order valence-corrected chi connectivity index (χ0v) is 15.9. The van der Waals surface area contributed by atoms with Gasteiger partial charge < -0.3 is 9.47 Å². The smallest absolute Gasteiger partial charge is 0.387 e. The minimum absolute atomic E-state index is 0.200. The Bertz CT molecular complexity index is 780. The van der Waals surface area contributed by atoms with Gasteiger partial charge >= 0.3 is 6.61 Å². The lowest BCUT2D eigenvalue weighted by atomic mass is 9.84. The summed E-state index contributed by atoms with van der Waals surface area (Å²) in [6, 6.07) is 9.77. The number of unbranched alkanes of at least 4 members (excludes halogenated alkanes) is 2. The zero-order chi connectivity index (χ0) is 18.9. The van der Waals surface area contributed by atoms with Crippen LogP contribution in [-0.2, 0) is 12.0 Å². The monoisotopic (exact) mass is 360 g/mol. The molecule has 0 fully saturated rings. The van der Waals surface area contributed by atoms with E-state index in [4.69, 9.17) is 9.47 Å². The van der Waals surface area contributed by atoms with Gasteiger partial charge in [-0.1, -0.05) is 43.5 Å². The van der Waals surface area contributed by atoms with Gasteiger partial charge in [-0.3, -0.25) is 0 Å². The molecule has 26 heavy (non-hydrogen) atoms. The van der Waals surface area contributed by atoms with Crippen molar-refractivity contribution in [3.63, 3.8) is 0 Å². The maximum atomic E-state index is 13.1. The molecule has 0 amide bonds. The second-order valence-electron chi connectivity index (χ2n) is 7.46. The van der Waals surface area contributed by atoms with Gasteiger partial charge in [0.1, 0.15) is 17.1 Å². The Morgan fingerprint density at radius 3 is 2.58 bits per heavy atom. The molecule has 0 radical (unpaired) electrons. The summed E-state index contributed by atoms with van der Waals surface area (Å²) in [5, 5.41) is 0. The van der Waals surface area contributed by atoms with Crippen molar-refractivity contribution in [1.82, 2.24) is 0 Å². The van der Waals surface area contributed by atoms with E-state index in [1.165, 1.54) is 0 Å². The SMILES string of the molecule is CCCCCc1cc(OC(F)F)c2c(c1)OC(C)(C)c1ccc(C)cc1-2. The van der Waals surface area contributed by atoms with Gasteiger partial charge in [0.25, 0.3) is 0 Å². The molecule has 0 N–H and O–H groups in total. The van der Waals surface area contributed by atoms with Crippen molar-refractivity contribution < 1.29 is 18.3 Å². The minimum Gasteiger partial charge on any atom is -0.482 e. The van der Waals surface area contributed by atoms with Crippen molar-refractivity contribution in [2.24, 2.45) is 0 Å². The Morgan fingerprint density at radius 2 is 1.88 bits per heavy atom. The zero-order valence-electron chi connectivity index (χ0n) is 15.9. The highest BCUT2D eigenvalue weighted by molar-refractivity contribution is 5.82. The fourth-order valence-corrected chi connectivity index (χ4v) is 3.62. The van der Waals surface area contributed by atoms with E-state index >= 15 is 0 Å². The van der Waals surface area contributed by atoms with Crippen LogP contribution >= 0.6 is 0 Å². The number of ether oxygens (including phenoxy) is 2. The molecule has 0 atom stereocenters. The van der Waals surface area contributed by atoms with Crippen LogP contribution in [0, 0.1) is 6.92 Å². The van der Waals surface area contributed by atoms with Crippen molar-refractivity contribution in [2.75, 3.05) is 0 Å². The van der Waals surface area contributed by atoms with Crippen LogP contribution in [0.1, 0.15) is 56.7 Å². The summed E-state index contributed by atoms with van der Waals surface area (Å²) in [7, 11) is 0. The highest BCUT2D eigenvalue weighted by Crippen LogP contribution is 2.50. The Hall–Kier alpha value is -2.10. The molecule has 3 rings (SSSR count). The van der Waals surface area contributed by atoms with Gasteiger partial charge in [0.05, 0.1) is 5.56 Å². The largest absolute Gasteiger partial charge is 0.482 e. The third-order valence-corrected chi connectivity index (χ3v) is 4.87. The molecule has 0 aliphatic carbocycles. The van der Waals surface area contributed by atoms with Gasteiger partial charge in [-0.2, -0.15) is 8.78 Å². The highest BCUT2D eigenvalue weighted by Gasteiger charge is 2.35. The van der Waals surface area contributed by atoms with Gasteiger partial charge in [0.2, 0.25) is 0 Å². The Labute approximate surface area is 154 Å². The summed E-state index contributed by atoms with van der Waals surface area (Å²) in [5.41, 5.74) is 4.03. The molecule has 2 aromatic rings. The van der Waals surface area contributed by atoms with Crippen LogP contribution in [0.15, 0.2) is 30.3 Å². The van der Waals surface area contributed by atoms with Crippen molar-refractivity contribution in [3.8, 4) is 22.6 Å². The summed E-state index contributed by atoms with van der Waals surface area (Å²) in [5.74, 6) is 0.823. The molecule has 0 aromatic heterocycles. The molecule has 1 aliphatic heterocycles. The van der Waals surface area contributed by atoms with Gasteiger partial charge in [0.15, 0.2) is 0 Å². The summed E-state index contributed by atoms with van der Waals surface area (Å²) in [6.07, 6.45) is 4.06. The lowest BCUT2D eigenvalue weighted by molar-refractivity contribution is -0.0497. The summed E-state index contributed by atoms with van der Waals surface area (Å²) < 4.78 is 37.3. The van der Waals surface area contributed by atoms with Gasteiger partial charge in [-0.25, -0.2) is 0 Å². The molecule has 0 saturated carbocycles. The predicted molar refractivity (Wildman–Crippen MR) is 100 cm³/mol. The fourth-order valence-electron chi connectivity index (χ4n) is 3.62. The van der Waals surface area contributed by atoms with Crippen LogP contribution in [0.3, 0.4) is 0 Å². The normalized spacial score (nSPS) is 14.6. The number of aryl methyl sites for hydroxylation is 2. The third kappa shape index (κ3) is 3.69. The maximum absolute atomic E-state index is 13.1. The molecule has 4 heteroatoms. The summed E-state index contributed by atoms with van der Waals surface area (Å²) >= 11 is 0. The van der Waals surface area contributed by atoms with Crippen molar-refractivity contribution in [1.29, 1.82) is 0 Å². The second-order valence-corrected chi connectivity index (χ2v) is 7.46. The van der Waals surface area contributed by atoms with Crippen LogP contribution in [0.4, 0.5) is 8.78 Å².